The summed E-state index contributed by atoms with van der Waals surface area (Å²) in [5, 5.41) is 5.93. The topological polar surface area (TPSA) is 54.3 Å². The Morgan fingerprint density at radius 2 is 2.11 bits per heavy atom. The largest absolute Gasteiger partial charge is 0.457 e. The van der Waals surface area contributed by atoms with Gasteiger partial charge < -0.3 is 15.1 Å². The fourth-order valence-corrected chi connectivity index (χ4v) is 2.05. The summed E-state index contributed by atoms with van der Waals surface area (Å²) < 4.78 is 5.48. The molecule has 1 aromatic carbocycles. The Labute approximate surface area is 114 Å². The normalized spacial score (nSPS) is 10.3. The van der Waals surface area contributed by atoms with Crippen molar-refractivity contribution >= 4 is 27.5 Å². The average Bonchev–Trinajstić information content (AvgIpc) is 2.78. The second-order valence-electron chi connectivity index (χ2n) is 3.75. The zero-order valence-electron chi connectivity index (χ0n) is 9.87. The molecule has 1 aromatic heterocycles. The zero-order chi connectivity index (χ0) is 13.0. The van der Waals surface area contributed by atoms with Crippen molar-refractivity contribution < 1.29 is 9.21 Å². The summed E-state index contributed by atoms with van der Waals surface area (Å²) in [5.74, 6) is -0.195. The molecule has 0 saturated carbocycles. The van der Waals surface area contributed by atoms with Crippen LogP contribution in [0.15, 0.2) is 45.7 Å². The molecule has 0 spiro atoms. The number of furan rings is 1. The van der Waals surface area contributed by atoms with Gasteiger partial charge in [-0.3, -0.25) is 4.79 Å². The fourth-order valence-electron chi connectivity index (χ4n) is 1.63. The van der Waals surface area contributed by atoms with Crippen LogP contribution in [0.5, 0.6) is 0 Å². The van der Waals surface area contributed by atoms with Gasteiger partial charge in [0.25, 0.3) is 5.91 Å². The van der Waals surface area contributed by atoms with E-state index in [1.54, 1.807) is 6.07 Å². The van der Waals surface area contributed by atoms with Crippen LogP contribution in [0.2, 0.25) is 0 Å². The van der Waals surface area contributed by atoms with Crippen LogP contribution >= 0.6 is 15.9 Å². The maximum Gasteiger partial charge on any atom is 0.260 e. The highest BCUT2D eigenvalue weighted by molar-refractivity contribution is 9.10. The van der Waals surface area contributed by atoms with E-state index in [4.69, 9.17) is 4.42 Å². The SMILES string of the molecule is CNCc1ccccc1NC(=O)c1ccoc1Br. The lowest BCUT2D eigenvalue weighted by atomic mass is 10.1. The van der Waals surface area contributed by atoms with E-state index >= 15 is 0 Å². The van der Waals surface area contributed by atoms with Crippen LogP contribution in [-0.2, 0) is 6.54 Å². The van der Waals surface area contributed by atoms with Crippen molar-refractivity contribution in [3.05, 3.63) is 52.4 Å². The number of rotatable bonds is 4. The van der Waals surface area contributed by atoms with E-state index in [2.05, 4.69) is 26.6 Å². The number of carbonyl (C=O) groups excluding carboxylic acids is 1. The molecule has 0 unspecified atom stereocenters. The fraction of sp³-hybridized carbons (Fsp3) is 0.154. The Hall–Kier alpha value is -1.59. The van der Waals surface area contributed by atoms with E-state index in [0.717, 1.165) is 11.3 Å². The number of halogens is 1. The Balaban J connectivity index is 2.19. The first-order valence-electron chi connectivity index (χ1n) is 5.49. The molecule has 18 heavy (non-hydrogen) atoms. The number of para-hydroxylation sites is 1. The molecule has 94 valence electrons. The Bertz CT molecular complexity index is 551. The number of hydrogen-bond acceptors (Lipinski definition) is 3. The van der Waals surface area contributed by atoms with Gasteiger partial charge in [0.2, 0.25) is 0 Å². The maximum absolute atomic E-state index is 12.0. The number of amides is 1. The van der Waals surface area contributed by atoms with Crippen LogP contribution in [0, 0.1) is 0 Å². The number of nitrogens with one attached hydrogen (secondary N) is 2. The van der Waals surface area contributed by atoms with Gasteiger partial charge in [0.1, 0.15) is 0 Å². The van der Waals surface area contributed by atoms with Gasteiger partial charge in [-0.15, -0.1) is 0 Å². The van der Waals surface area contributed by atoms with E-state index in [1.807, 2.05) is 31.3 Å². The molecule has 4 nitrogen and oxygen atoms in total. The third kappa shape index (κ3) is 2.80. The molecule has 0 aliphatic carbocycles. The van der Waals surface area contributed by atoms with Crippen molar-refractivity contribution in [3.63, 3.8) is 0 Å². The smallest absolute Gasteiger partial charge is 0.260 e. The lowest BCUT2D eigenvalue weighted by Crippen LogP contribution is -2.15. The van der Waals surface area contributed by atoms with Gasteiger partial charge in [-0.25, -0.2) is 0 Å². The lowest BCUT2D eigenvalue weighted by molar-refractivity contribution is 0.102. The molecule has 1 amide bonds. The lowest BCUT2D eigenvalue weighted by Gasteiger charge is -2.10. The summed E-state index contributed by atoms with van der Waals surface area (Å²) in [5.41, 5.74) is 2.31. The summed E-state index contributed by atoms with van der Waals surface area (Å²) in [6.07, 6.45) is 1.47. The molecular formula is C13H13BrN2O2. The van der Waals surface area contributed by atoms with Crippen LogP contribution in [-0.4, -0.2) is 13.0 Å². The highest BCUT2D eigenvalue weighted by atomic mass is 79.9. The van der Waals surface area contributed by atoms with Crippen LogP contribution in [0.3, 0.4) is 0 Å². The van der Waals surface area contributed by atoms with Crippen molar-refractivity contribution in [3.8, 4) is 0 Å². The van der Waals surface area contributed by atoms with E-state index in [0.29, 0.717) is 16.8 Å². The van der Waals surface area contributed by atoms with E-state index in [1.165, 1.54) is 6.26 Å². The predicted octanol–water partition coefficient (Wildman–Crippen LogP) is 3.01. The molecule has 2 aromatic rings. The third-order valence-electron chi connectivity index (χ3n) is 2.50. The maximum atomic E-state index is 12.0. The van der Waals surface area contributed by atoms with Crippen LogP contribution in [0.25, 0.3) is 0 Å². The van der Waals surface area contributed by atoms with Crippen molar-refractivity contribution in [1.29, 1.82) is 0 Å². The van der Waals surface area contributed by atoms with Gasteiger partial charge >= 0.3 is 0 Å². The molecule has 0 fully saturated rings. The van der Waals surface area contributed by atoms with E-state index < -0.39 is 0 Å². The summed E-state index contributed by atoms with van der Waals surface area (Å²) in [4.78, 5) is 12.0. The van der Waals surface area contributed by atoms with Crippen LogP contribution < -0.4 is 10.6 Å². The predicted molar refractivity (Wildman–Crippen MR) is 73.6 cm³/mol. The van der Waals surface area contributed by atoms with Crippen LogP contribution in [0.4, 0.5) is 5.69 Å². The second-order valence-corrected chi connectivity index (χ2v) is 4.47. The van der Waals surface area contributed by atoms with Gasteiger partial charge in [0, 0.05) is 12.2 Å². The molecule has 0 bridgehead atoms. The molecule has 2 N–H and O–H groups in total. The van der Waals surface area contributed by atoms with Gasteiger partial charge in [-0.2, -0.15) is 0 Å². The van der Waals surface area contributed by atoms with Gasteiger partial charge in [-0.05, 0) is 40.7 Å². The van der Waals surface area contributed by atoms with E-state index in [-0.39, 0.29) is 5.91 Å². The summed E-state index contributed by atoms with van der Waals surface area (Å²) in [6, 6.07) is 9.30. The highest BCUT2D eigenvalue weighted by Crippen LogP contribution is 2.21. The number of anilines is 1. The van der Waals surface area contributed by atoms with Crippen molar-refractivity contribution in [2.75, 3.05) is 12.4 Å². The molecule has 5 heteroatoms. The molecule has 0 saturated heterocycles. The monoisotopic (exact) mass is 308 g/mol. The van der Waals surface area contributed by atoms with E-state index in [9.17, 15) is 4.79 Å². The molecule has 0 aliphatic rings. The average molecular weight is 309 g/mol. The Morgan fingerprint density at radius 3 is 2.78 bits per heavy atom. The number of hydrogen-bond donors (Lipinski definition) is 2. The molecule has 0 atom stereocenters. The summed E-state index contributed by atoms with van der Waals surface area (Å²) in [6.45, 7) is 0.697. The highest BCUT2D eigenvalue weighted by Gasteiger charge is 2.13. The Morgan fingerprint density at radius 1 is 1.33 bits per heavy atom. The van der Waals surface area contributed by atoms with Crippen molar-refractivity contribution in [2.24, 2.45) is 0 Å². The van der Waals surface area contributed by atoms with Gasteiger partial charge in [-0.1, -0.05) is 18.2 Å². The Kier molecular flexibility index (Phi) is 4.17. The first kappa shape index (κ1) is 12.9. The standard InChI is InChI=1S/C13H13BrN2O2/c1-15-8-9-4-2-3-5-11(9)16-13(17)10-6-7-18-12(10)14/h2-7,15H,8H2,1H3,(H,16,17). The molecule has 0 aliphatic heterocycles. The first-order valence-corrected chi connectivity index (χ1v) is 6.28. The number of carbonyl (C=O) groups is 1. The van der Waals surface area contributed by atoms with Crippen molar-refractivity contribution in [1.82, 2.24) is 5.32 Å². The second kappa shape index (κ2) is 5.84. The first-order chi connectivity index (χ1) is 8.72. The molecule has 1 heterocycles. The third-order valence-corrected chi connectivity index (χ3v) is 3.11. The minimum absolute atomic E-state index is 0.195. The van der Waals surface area contributed by atoms with Gasteiger partial charge in [0.05, 0.1) is 11.8 Å². The number of benzene rings is 1. The minimum Gasteiger partial charge on any atom is -0.457 e. The molecular weight excluding hydrogens is 296 g/mol. The summed E-state index contributed by atoms with van der Waals surface area (Å²) >= 11 is 3.19. The summed E-state index contributed by atoms with van der Waals surface area (Å²) in [7, 11) is 1.87. The van der Waals surface area contributed by atoms with Crippen molar-refractivity contribution in [2.45, 2.75) is 6.54 Å². The minimum atomic E-state index is -0.195. The van der Waals surface area contributed by atoms with Crippen LogP contribution in [0.1, 0.15) is 15.9 Å². The molecule has 0 radical (unpaired) electrons. The quantitative estimate of drug-likeness (QED) is 0.913. The zero-order valence-corrected chi connectivity index (χ0v) is 11.5. The molecule has 2 rings (SSSR count). The van der Waals surface area contributed by atoms with Gasteiger partial charge in [0.15, 0.2) is 4.67 Å².